The van der Waals surface area contributed by atoms with Crippen LogP contribution in [0.15, 0.2) is 18.2 Å². The number of hydrogen-bond donors (Lipinski definition) is 3. The number of anilines is 1. The molecule has 0 aromatic heterocycles. The van der Waals surface area contributed by atoms with Crippen LogP contribution in [0, 0.1) is 5.92 Å². The molecule has 0 unspecified atom stereocenters. The third-order valence-corrected chi connectivity index (χ3v) is 4.75. The first kappa shape index (κ1) is 18.3. The van der Waals surface area contributed by atoms with E-state index in [1.54, 1.807) is 6.07 Å². The van der Waals surface area contributed by atoms with Crippen molar-refractivity contribution in [2.75, 3.05) is 5.32 Å². The van der Waals surface area contributed by atoms with Gasteiger partial charge in [0.2, 0.25) is 5.91 Å². The molecule has 0 bridgehead atoms. The zero-order chi connectivity index (χ0) is 17.9. The number of carbonyl (C=O) groups is 3. The van der Waals surface area contributed by atoms with Crippen LogP contribution >= 0.6 is 11.6 Å². The maximum atomic E-state index is 12.6. The van der Waals surface area contributed by atoms with Gasteiger partial charge >= 0.3 is 5.97 Å². The van der Waals surface area contributed by atoms with Crippen molar-refractivity contribution in [3.8, 4) is 0 Å². The summed E-state index contributed by atoms with van der Waals surface area (Å²) >= 11 is 6.07. The molecular formula is C17H21ClN2O4. The zero-order valence-electron chi connectivity index (χ0n) is 13.7. The van der Waals surface area contributed by atoms with Gasteiger partial charge < -0.3 is 15.7 Å². The van der Waals surface area contributed by atoms with Crippen LogP contribution in [0.2, 0.25) is 5.02 Å². The van der Waals surface area contributed by atoms with Gasteiger partial charge in [-0.3, -0.25) is 9.59 Å². The molecule has 1 saturated carbocycles. The molecule has 0 radical (unpaired) electrons. The summed E-state index contributed by atoms with van der Waals surface area (Å²) in [7, 11) is 0. The number of nitrogens with one attached hydrogen (secondary N) is 2. The van der Waals surface area contributed by atoms with Crippen molar-refractivity contribution in [2.45, 2.75) is 45.1 Å². The molecule has 1 fully saturated rings. The normalized spacial score (nSPS) is 23.4. The van der Waals surface area contributed by atoms with Gasteiger partial charge in [0.15, 0.2) is 0 Å². The van der Waals surface area contributed by atoms with Crippen LogP contribution in [-0.2, 0) is 9.59 Å². The van der Waals surface area contributed by atoms with Crippen LogP contribution in [0.25, 0.3) is 0 Å². The molecule has 2 rings (SSSR count). The van der Waals surface area contributed by atoms with Gasteiger partial charge in [0.25, 0.3) is 5.91 Å². The van der Waals surface area contributed by atoms with Gasteiger partial charge in [-0.05, 0) is 49.8 Å². The summed E-state index contributed by atoms with van der Waals surface area (Å²) < 4.78 is 0. The fraction of sp³-hybridized carbons (Fsp3) is 0.471. The second-order valence-corrected chi connectivity index (χ2v) is 6.81. The highest BCUT2D eigenvalue weighted by atomic mass is 35.5. The first-order chi connectivity index (χ1) is 11.2. The Labute approximate surface area is 145 Å². The van der Waals surface area contributed by atoms with E-state index < -0.39 is 17.4 Å². The molecule has 3 N–H and O–H groups in total. The average Bonchev–Trinajstić information content (AvgIpc) is 2.51. The highest BCUT2D eigenvalue weighted by Gasteiger charge is 2.42. The van der Waals surface area contributed by atoms with E-state index >= 15 is 0 Å². The van der Waals surface area contributed by atoms with E-state index in [0.29, 0.717) is 24.4 Å². The molecule has 2 amide bonds. The summed E-state index contributed by atoms with van der Waals surface area (Å²) in [6.07, 6.45) is 2.26. The predicted octanol–water partition coefficient (Wildman–Crippen LogP) is 3.06. The van der Waals surface area contributed by atoms with Crippen molar-refractivity contribution in [1.29, 1.82) is 0 Å². The minimum Gasteiger partial charge on any atom is -0.480 e. The SMILES string of the molecule is CC(=O)Nc1ccc(Cl)c(C(=O)NC2(C(=O)O)CCC(C)CC2)c1. The van der Waals surface area contributed by atoms with Gasteiger partial charge in [-0.1, -0.05) is 18.5 Å². The first-order valence-corrected chi connectivity index (χ1v) is 8.24. The number of carboxylic acid groups (broad SMARTS) is 1. The number of halogens is 1. The standard InChI is InChI=1S/C17H21ClN2O4/c1-10-5-7-17(8-6-10,16(23)24)20-15(22)13-9-12(19-11(2)21)3-4-14(13)18/h3-4,9-10H,5-8H2,1-2H3,(H,19,21)(H,20,22)(H,23,24). The van der Waals surface area contributed by atoms with E-state index in [0.717, 1.165) is 12.8 Å². The van der Waals surface area contributed by atoms with E-state index in [1.807, 2.05) is 0 Å². The summed E-state index contributed by atoms with van der Waals surface area (Å²) in [5.41, 5.74) is -0.697. The minimum atomic E-state index is -1.27. The van der Waals surface area contributed by atoms with Crippen molar-refractivity contribution >= 4 is 35.1 Å². The summed E-state index contributed by atoms with van der Waals surface area (Å²) in [5, 5.41) is 15.0. The van der Waals surface area contributed by atoms with E-state index in [4.69, 9.17) is 11.6 Å². The van der Waals surface area contributed by atoms with Gasteiger partial charge in [0.1, 0.15) is 5.54 Å². The molecule has 0 saturated heterocycles. The van der Waals surface area contributed by atoms with E-state index in [1.165, 1.54) is 19.1 Å². The van der Waals surface area contributed by atoms with E-state index in [2.05, 4.69) is 17.6 Å². The number of amides is 2. The summed E-state index contributed by atoms with van der Waals surface area (Å²) in [6.45, 7) is 3.43. The van der Waals surface area contributed by atoms with Crippen LogP contribution in [-0.4, -0.2) is 28.4 Å². The fourth-order valence-corrected chi connectivity index (χ4v) is 3.12. The molecule has 6 nitrogen and oxygen atoms in total. The minimum absolute atomic E-state index is 0.141. The van der Waals surface area contributed by atoms with Crippen molar-refractivity contribution in [1.82, 2.24) is 5.32 Å². The van der Waals surface area contributed by atoms with Crippen molar-refractivity contribution in [3.05, 3.63) is 28.8 Å². The molecule has 0 aliphatic heterocycles. The Balaban J connectivity index is 2.24. The molecule has 1 aromatic carbocycles. The maximum absolute atomic E-state index is 12.6. The Bertz CT molecular complexity index is 667. The maximum Gasteiger partial charge on any atom is 0.329 e. The highest BCUT2D eigenvalue weighted by Crippen LogP contribution is 2.33. The summed E-state index contributed by atoms with van der Waals surface area (Å²) in [6, 6.07) is 4.52. The molecule has 1 aliphatic carbocycles. The largest absolute Gasteiger partial charge is 0.480 e. The van der Waals surface area contributed by atoms with Crippen molar-refractivity contribution in [2.24, 2.45) is 5.92 Å². The number of aliphatic carboxylic acids is 1. The lowest BCUT2D eigenvalue weighted by Crippen LogP contribution is -2.56. The molecule has 1 aliphatic rings. The van der Waals surface area contributed by atoms with Crippen LogP contribution in [0.4, 0.5) is 5.69 Å². The van der Waals surface area contributed by atoms with Crippen LogP contribution in [0.1, 0.15) is 49.9 Å². The molecule has 0 atom stereocenters. The molecule has 0 spiro atoms. The Morgan fingerprint density at radius 2 is 1.88 bits per heavy atom. The Kier molecular flexibility index (Phi) is 5.49. The zero-order valence-corrected chi connectivity index (χ0v) is 14.4. The lowest BCUT2D eigenvalue weighted by atomic mass is 9.77. The second kappa shape index (κ2) is 7.21. The van der Waals surface area contributed by atoms with Crippen molar-refractivity contribution in [3.63, 3.8) is 0 Å². The van der Waals surface area contributed by atoms with Gasteiger partial charge in [-0.15, -0.1) is 0 Å². The average molecular weight is 353 g/mol. The van der Waals surface area contributed by atoms with Crippen LogP contribution in [0.3, 0.4) is 0 Å². The predicted molar refractivity (Wildman–Crippen MR) is 91.2 cm³/mol. The molecule has 7 heteroatoms. The number of rotatable bonds is 4. The number of carboxylic acids is 1. The summed E-state index contributed by atoms with van der Waals surface area (Å²) in [4.78, 5) is 35.5. The Morgan fingerprint density at radius 3 is 2.42 bits per heavy atom. The fourth-order valence-electron chi connectivity index (χ4n) is 2.91. The van der Waals surface area contributed by atoms with Crippen molar-refractivity contribution < 1.29 is 19.5 Å². The molecular weight excluding hydrogens is 332 g/mol. The topological polar surface area (TPSA) is 95.5 Å². The van der Waals surface area contributed by atoms with Crippen LogP contribution in [0.5, 0.6) is 0 Å². The Hall–Kier alpha value is -2.08. The van der Waals surface area contributed by atoms with Gasteiger partial charge in [-0.2, -0.15) is 0 Å². The van der Waals surface area contributed by atoms with Gasteiger partial charge in [0, 0.05) is 12.6 Å². The highest BCUT2D eigenvalue weighted by molar-refractivity contribution is 6.34. The molecule has 0 heterocycles. The summed E-state index contributed by atoms with van der Waals surface area (Å²) in [5.74, 6) is -1.41. The molecule has 130 valence electrons. The monoisotopic (exact) mass is 352 g/mol. The van der Waals surface area contributed by atoms with Gasteiger partial charge in [0.05, 0.1) is 10.6 Å². The smallest absolute Gasteiger partial charge is 0.329 e. The third kappa shape index (κ3) is 4.06. The van der Waals surface area contributed by atoms with E-state index in [-0.39, 0.29) is 16.5 Å². The lowest BCUT2D eigenvalue weighted by molar-refractivity contribution is -0.146. The lowest BCUT2D eigenvalue weighted by Gasteiger charge is -2.36. The molecule has 1 aromatic rings. The van der Waals surface area contributed by atoms with Gasteiger partial charge in [-0.25, -0.2) is 4.79 Å². The number of carbonyl (C=O) groups excluding carboxylic acids is 2. The molecule has 24 heavy (non-hydrogen) atoms. The van der Waals surface area contributed by atoms with E-state index in [9.17, 15) is 19.5 Å². The third-order valence-electron chi connectivity index (χ3n) is 4.42. The quantitative estimate of drug-likeness (QED) is 0.776. The Morgan fingerprint density at radius 1 is 1.25 bits per heavy atom. The first-order valence-electron chi connectivity index (χ1n) is 7.86. The van der Waals surface area contributed by atoms with Crippen LogP contribution < -0.4 is 10.6 Å². The number of hydrogen-bond acceptors (Lipinski definition) is 3. The second-order valence-electron chi connectivity index (χ2n) is 6.40. The number of benzene rings is 1.